The maximum Gasteiger partial charge on any atom is 0.248 e. The molecule has 0 spiro atoms. The Morgan fingerprint density at radius 3 is 1.00 bits per heavy atom. The average Bonchev–Trinajstić information content (AvgIpc) is 3.59. The highest BCUT2D eigenvalue weighted by atomic mass is 16.4. The second-order valence-corrected chi connectivity index (χ2v) is 12.5. The van der Waals surface area contributed by atoms with E-state index < -0.39 is 0 Å². The molecule has 0 aliphatic heterocycles. The van der Waals surface area contributed by atoms with Crippen molar-refractivity contribution in [1.29, 1.82) is 0 Å². The Morgan fingerprint density at radius 2 is 0.644 bits per heavy atom. The molecule has 0 N–H and O–H groups in total. The minimum atomic E-state index is 0.538. The Hall–Kier alpha value is -3.98. The molecule has 0 bridgehead atoms. The topological polar surface area (TPSA) is 38.9 Å². The number of aromatic nitrogens is 2. The third kappa shape index (κ3) is 9.75. The molecule has 0 saturated carbocycles. The first-order valence-corrected chi connectivity index (χ1v) is 17.5. The fourth-order valence-corrected chi connectivity index (χ4v) is 6.01. The molecule has 0 atom stereocenters. The molecule has 45 heavy (non-hydrogen) atoms. The lowest BCUT2D eigenvalue weighted by molar-refractivity contribution is 0.584. The second-order valence-electron chi connectivity index (χ2n) is 12.5. The molecule has 1 aromatic heterocycles. The van der Waals surface area contributed by atoms with Crippen LogP contribution in [0, 0.1) is 0 Å². The molecule has 0 unspecified atom stereocenters. The Labute approximate surface area is 271 Å². The minimum absolute atomic E-state index is 0.538. The number of benzene rings is 4. The first-order chi connectivity index (χ1) is 22.2. The van der Waals surface area contributed by atoms with Crippen LogP contribution in [0.3, 0.4) is 0 Å². The normalized spacial score (nSPS) is 11.2. The summed E-state index contributed by atoms with van der Waals surface area (Å²) < 4.78 is 6.09. The van der Waals surface area contributed by atoms with Crippen molar-refractivity contribution in [2.75, 3.05) is 0 Å². The standard InChI is InChI=1S/C42H50N2O/c1-3-5-7-9-11-13-15-33-17-21-35(22-18-33)37-25-29-39(30-26-37)41-43-44-42(45-41)40-31-27-38(28-32-40)36-23-19-34(20-24-36)16-14-12-10-8-6-4-2/h17-32H,3-16H2,1-2H3. The highest BCUT2D eigenvalue weighted by molar-refractivity contribution is 5.69. The van der Waals surface area contributed by atoms with Crippen LogP contribution >= 0.6 is 0 Å². The summed E-state index contributed by atoms with van der Waals surface area (Å²) in [5, 5.41) is 8.69. The van der Waals surface area contributed by atoms with E-state index in [0.29, 0.717) is 11.8 Å². The van der Waals surface area contributed by atoms with Crippen LogP contribution in [-0.4, -0.2) is 10.2 Å². The molecular formula is C42H50N2O. The van der Waals surface area contributed by atoms with E-state index in [1.54, 1.807) is 0 Å². The van der Waals surface area contributed by atoms with Crippen LogP contribution in [0.25, 0.3) is 45.2 Å². The van der Waals surface area contributed by atoms with Crippen molar-refractivity contribution in [3.63, 3.8) is 0 Å². The quantitative estimate of drug-likeness (QED) is 0.0942. The van der Waals surface area contributed by atoms with Crippen molar-refractivity contribution < 1.29 is 4.42 Å². The summed E-state index contributed by atoms with van der Waals surface area (Å²) in [7, 11) is 0. The number of nitrogens with zero attached hydrogens (tertiary/aromatic N) is 2. The molecule has 3 nitrogen and oxygen atoms in total. The molecule has 0 amide bonds. The van der Waals surface area contributed by atoms with Crippen LogP contribution in [0.4, 0.5) is 0 Å². The summed E-state index contributed by atoms with van der Waals surface area (Å²) in [5.74, 6) is 1.08. The third-order valence-corrected chi connectivity index (χ3v) is 8.90. The van der Waals surface area contributed by atoms with Crippen LogP contribution in [-0.2, 0) is 12.8 Å². The Bertz CT molecular complexity index is 1410. The van der Waals surface area contributed by atoms with E-state index in [1.807, 2.05) is 0 Å². The first-order valence-electron chi connectivity index (χ1n) is 17.5. The lowest BCUT2D eigenvalue weighted by Gasteiger charge is -2.06. The van der Waals surface area contributed by atoms with Gasteiger partial charge in [0.25, 0.3) is 0 Å². The second kappa shape index (κ2) is 17.5. The van der Waals surface area contributed by atoms with Gasteiger partial charge < -0.3 is 4.42 Å². The van der Waals surface area contributed by atoms with E-state index in [0.717, 1.165) is 11.1 Å². The summed E-state index contributed by atoms with van der Waals surface area (Å²) in [6, 6.07) is 34.8. The predicted molar refractivity (Wildman–Crippen MR) is 190 cm³/mol. The summed E-state index contributed by atoms with van der Waals surface area (Å²) in [5.41, 5.74) is 9.54. The molecule has 3 heteroatoms. The molecule has 234 valence electrons. The molecule has 0 fully saturated rings. The Morgan fingerprint density at radius 1 is 0.356 bits per heavy atom. The van der Waals surface area contributed by atoms with Crippen molar-refractivity contribution in [3.05, 3.63) is 108 Å². The molecule has 0 aliphatic rings. The van der Waals surface area contributed by atoms with Crippen molar-refractivity contribution in [1.82, 2.24) is 10.2 Å². The van der Waals surface area contributed by atoms with Gasteiger partial charge in [-0.25, -0.2) is 0 Å². The fraction of sp³-hybridized carbons (Fsp3) is 0.381. The van der Waals surface area contributed by atoms with Gasteiger partial charge in [0.2, 0.25) is 11.8 Å². The molecule has 0 saturated heterocycles. The first kappa shape index (κ1) is 32.4. The van der Waals surface area contributed by atoms with E-state index in [9.17, 15) is 0 Å². The van der Waals surface area contributed by atoms with Gasteiger partial charge in [-0.2, -0.15) is 0 Å². The number of aryl methyl sites for hydroxylation is 2. The Balaban J connectivity index is 1.12. The van der Waals surface area contributed by atoms with Crippen molar-refractivity contribution >= 4 is 0 Å². The lowest BCUT2D eigenvalue weighted by atomic mass is 10.00. The zero-order valence-corrected chi connectivity index (χ0v) is 27.4. The van der Waals surface area contributed by atoms with Gasteiger partial charge in [0.05, 0.1) is 0 Å². The van der Waals surface area contributed by atoms with Crippen LogP contribution in [0.5, 0.6) is 0 Å². The van der Waals surface area contributed by atoms with E-state index in [2.05, 4.69) is 121 Å². The van der Waals surface area contributed by atoms with Crippen molar-refractivity contribution in [2.24, 2.45) is 0 Å². The Kier molecular flexibility index (Phi) is 12.6. The summed E-state index contributed by atoms with van der Waals surface area (Å²) in [6.07, 6.45) is 18.4. The summed E-state index contributed by atoms with van der Waals surface area (Å²) >= 11 is 0. The van der Waals surface area contributed by atoms with Gasteiger partial charge in [0.1, 0.15) is 0 Å². The van der Waals surface area contributed by atoms with Gasteiger partial charge in [-0.1, -0.05) is 151 Å². The van der Waals surface area contributed by atoms with E-state index >= 15 is 0 Å². The van der Waals surface area contributed by atoms with Gasteiger partial charge in [-0.05, 0) is 83.3 Å². The third-order valence-electron chi connectivity index (χ3n) is 8.90. The van der Waals surface area contributed by atoms with Crippen LogP contribution < -0.4 is 0 Å². The highest BCUT2D eigenvalue weighted by Gasteiger charge is 2.11. The minimum Gasteiger partial charge on any atom is -0.416 e. The summed E-state index contributed by atoms with van der Waals surface area (Å²) in [4.78, 5) is 0. The molecule has 4 aromatic carbocycles. The largest absolute Gasteiger partial charge is 0.416 e. The average molecular weight is 599 g/mol. The fourth-order valence-electron chi connectivity index (χ4n) is 6.01. The number of rotatable bonds is 18. The van der Waals surface area contributed by atoms with Gasteiger partial charge in [-0.3, -0.25) is 0 Å². The molecular weight excluding hydrogens is 548 g/mol. The smallest absolute Gasteiger partial charge is 0.248 e. The number of hydrogen-bond donors (Lipinski definition) is 0. The molecule has 0 aliphatic carbocycles. The van der Waals surface area contributed by atoms with E-state index in [4.69, 9.17) is 4.42 Å². The lowest BCUT2D eigenvalue weighted by Crippen LogP contribution is -1.87. The van der Waals surface area contributed by atoms with Gasteiger partial charge in [0.15, 0.2) is 0 Å². The highest BCUT2D eigenvalue weighted by Crippen LogP contribution is 2.29. The van der Waals surface area contributed by atoms with E-state index in [1.165, 1.54) is 123 Å². The molecule has 5 rings (SSSR count). The summed E-state index contributed by atoms with van der Waals surface area (Å²) in [6.45, 7) is 4.54. The number of unbranched alkanes of at least 4 members (excludes halogenated alkanes) is 10. The maximum absolute atomic E-state index is 6.09. The van der Waals surface area contributed by atoms with Crippen molar-refractivity contribution in [2.45, 2.75) is 104 Å². The molecule has 5 aromatic rings. The zero-order chi connectivity index (χ0) is 31.1. The predicted octanol–water partition coefficient (Wildman–Crippen LogP) is 12.5. The molecule has 1 heterocycles. The van der Waals surface area contributed by atoms with E-state index in [-0.39, 0.29) is 0 Å². The maximum atomic E-state index is 6.09. The van der Waals surface area contributed by atoms with Crippen LogP contribution in [0.2, 0.25) is 0 Å². The SMILES string of the molecule is CCCCCCCCc1ccc(-c2ccc(-c3nnc(-c4ccc(-c5ccc(CCCCCCCC)cc5)cc4)o3)cc2)cc1. The van der Waals surface area contributed by atoms with Gasteiger partial charge in [-0.15, -0.1) is 10.2 Å². The van der Waals surface area contributed by atoms with Gasteiger partial charge >= 0.3 is 0 Å². The van der Waals surface area contributed by atoms with Gasteiger partial charge in [0, 0.05) is 11.1 Å². The van der Waals surface area contributed by atoms with Crippen LogP contribution in [0.15, 0.2) is 101 Å². The number of hydrogen-bond acceptors (Lipinski definition) is 3. The zero-order valence-electron chi connectivity index (χ0n) is 27.4. The monoisotopic (exact) mass is 598 g/mol. The van der Waals surface area contributed by atoms with Crippen LogP contribution in [0.1, 0.15) is 102 Å². The van der Waals surface area contributed by atoms with Crippen molar-refractivity contribution in [3.8, 4) is 45.2 Å². The molecule has 0 radical (unpaired) electrons.